The minimum absolute atomic E-state index is 0.476. The lowest BCUT2D eigenvalue weighted by molar-refractivity contribution is 0.402. The lowest BCUT2D eigenvalue weighted by Crippen LogP contribution is -1.93. The average molecular weight is 227 g/mol. The summed E-state index contributed by atoms with van der Waals surface area (Å²) >= 11 is 0. The fourth-order valence-corrected chi connectivity index (χ4v) is 1.58. The molecule has 2 aromatic carbocycles. The van der Waals surface area contributed by atoms with E-state index in [0.29, 0.717) is 16.8 Å². The fourth-order valence-electron chi connectivity index (χ4n) is 1.58. The van der Waals surface area contributed by atoms with Crippen molar-refractivity contribution in [3.05, 3.63) is 65.7 Å². The molecule has 1 atom stereocenters. The second-order valence-corrected chi connectivity index (χ2v) is 3.57. The van der Waals surface area contributed by atoms with Gasteiger partial charge in [0.1, 0.15) is 0 Å². The molecule has 2 aromatic rings. The summed E-state index contributed by atoms with van der Waals surface area (Å²) in [5, 5.41) is 0. The van der Waals surface area contributed by atoms with E-state index in [9.17, 15) is 9.18 Å². The van der Waals surface area contributed by atoms with Crippen LogP contribution in [0.25, 0.3) is 0 Å². The van der Waals surface area contributed by atoms with E-state index >= 15 is 0 Å². The molecule has 17 heavy (non-hydrogen) atoms. The zero-order valence-electron chi connectivity index (χ0n) is 9.01. The molecule has 0 aliphatic carbocycles. The van der Waals surface area contributed by atoms with Crippen LogP contribution in [0.15, 0.2) is 59.6 Å². The molecule has 84 valence electrons. The Morgan fingerprint density at radius 2 is 1.53 bits per heavy atom. The molecule has 0 aliphatic rings. The van der Waals surface area contributed by atoms with Gasteiger partial charge in [0.15, 0.2) is 6.17 Å². The molecule has 0 amide bonds. The number of hydrogen-bond acceptors (Lipinski definition) is 2. The minimum Gasteiger partial charge on any atom is -0.237 e. The lowest BCUT2D eigenvalue weighted by Gasteiger charge is -2.08. The molecular formula is C14H10FNO. The fraction of sp³-hybridized carbons (Fsp3) is 0.0714. The molecule has 1 unspecified atom stereocenters. The topological polar surface area (TPSA) is 29.4 Å². The van der Waals surface area contributed by atoms with E-state index in [1.165, 1.54) is 6.08 Å². The first-order valence-corrected chi connectivity index (χ1v) is 5.18. The van der Waals surface area contributed by atoms with Crippen molar-refractivity contribution in [1.29, 1.82) is 0 Å². The summed E-state index contributed by atoms with van der Waals surface area (Å²) in [7, 11) is 0. The van der Waals surface area contributed by atoms with Gasteiger partial charge in [-0.25, -0.2) is 9.18 Å². The summed E-state index contributed by atoms with van der Waals surface area (Å²) < 4.78 is 14.1. The van der Waals surface area contributed by atoms with Gasteiger partial charge in [-0.3, -0.25) is 0 Å². The van der Waals surface area contributed by atoms with Gasteiger partial charge >= 0.3 is 0 Å². The van der Waals surface area contributed by atoms with Crippen molar-refractivity contribution >= 4 is 11.8 Å². The second-order valence-electron chi connectivity index (χ2n) is 3.57. The van der Waals surface area contributed by atoms with Crippen molar-refractivity contribution in [2.75, 3.05) is 0 Å². The standard InChI is InChI=1S/C14H10FNO/c15-14(11-4-2-1-3-5-11)12-6-8-13(9-7-12)16-10-17/h1-9,14H. The van der Waals surface area contributed by atoms with Gasteiger partial charge in [-0.1, -0.05) is 42.5 Å². The molecule has 0 spiro atoms. The van der Waals surface area contributed by atoms with Crippen LogP contribution < -0.4 is 0 Å². The number of hydrogen-bond donors (Lipinski definition) is 0. The van der Waals surface area contributed by atoms with Crippen LogP contribution in [-0.4, -0.2) is 6.08 Å². The maximum Gasteiger partial charge on any atom is 0.240 e. The van der Waals surface area contributed by atoms with E-state index in [0.717, 1.165) is 0 Å². The highest BCUT2D eigenvalue weighted by atomic mass is 19.1. The number of rotatable bonds is 3. The Labute approximate surface area is 98.4 Å². The monoisotopic (exact) mass is 227 g/mol. The molecule has 0 fully saturated rings. The van der Waals surface area contributed by atoms with Crippen molar-refractivity contribution in [3.8, 4) is 0 Å². The van der Waals surface area contributed by atoms with Crippen molar-refractivity contribution in [2.45, 2.75) is 6.17 Å². The highest BCUT2D eigenvalue weighted by Crippen LogP contribution is 2.27. The third kappa shape index (κ3) is 2.65. The van der Waals surface area contributed by atoms with E-state index in [-0.39, 0.29) is 0 Å². The summed E-state index contributed by atoms with van der Waals surface area (Å²) in [4.78, 5) is 13.5. The summed E-state index contributed by atoms with van der Waals surface area (Å²) in [6.07, 6.45) is 0.284. The Hall–Kier alpha value is -2.25. The minimum atomic E-state index is -1.16. The summed E-state index contributed by atoms with van der Waals surface area (Å²) in [6.45, 7) is 0. The van der Waals surface area contributed by atoms with Crippen LogP contribution in [-0.2, 0) is 4.79 Å². The summed E-state index contributed by atoms with van der Waals surface area (Å²) in [5.74, 6) is 0. The van der Waals surface area contributed by atoms with Crippen molar-refractivity contribution in [2.24, 2.45) is 4.99 Å². The molecule has 0 bridgehead atoms. The van der Waals surface area contributed by atoms with E-state index < -0.39 is 6.17 Å². The number of benzene rings is 2. The largest absolute Gasteiger partial charge is 0.240 e. The third-order valence-electron chi connectivity index (χ3n) is 2.45. The Kier molecular flexibility index (Phi) is 3.43. The summed E-state index contributed by atoms with van der Waals surface area (Å²) in [5.41, 5.74) is 1.63. The van der Waals surface area contributed by atoms with Crippen LogP contribution >= 0.6 is 0 Å². The van der Waals surface area contributed by atoms with Crippen molar-refractivity contribution < 1.29 is 9.18 Å². The Bertz CT molecular complexity index is 530. The van der Waals surface area contributed by atoms with E-state index in [1.54, 1.807) is 48.5 Å². The zero-order valence-corrected chi connectivity index (χ0v) is 9.01. The molecular weight excluding hydrogens is 217 g/mol. The van der Waals surface area contributed by atoms with Crippen LogP contribution in [0.3, 0.4) is 0 Å². The van der Waals surface area contributed by atoms with Gasteiger partial charge in [0.05, 0.1) is 5.69 Å². The predicted octanol–water partition coefficient (Wildman–Crippen LogP) is 3.71. The quantitative estimate of drug-likeness (QED) is 0.580. The molecule has 0 aliphatic heterocycles. The summed E-state index contributed by atoms with van der Waals surface area (Å²) in [6, 6.07) is 15.3. The molecule has 0 aromatic heterocycles. The second kappa shape index (κ2) is 5.19. The number of halogens is 1. The maximum atomic E-state index is 14.1. The van der Waals surface area contributed by atoms with Gasteiger partial charge < -0.3 is 0 Å². The molecule has 0 saturated heterocycles. The predicted molar refractivity (Wildman–Crippen MR) is 63.6 cm³/mol. The average Bonchev–Trinajstić information content (AvgIpc) is 2.40. The molecule has 2 nitrogen and oxygen atoms in total. The van der Waals surface area contributed by atoms with Gasteiger partial charge in [-0.05, 0) is 23.3 Å². The third-order valence-corrected chi connectivity index (χ3v) is 2.45. The Morgan fingerprint density at radius 3 is 2.12 bits per heavy atom. The van der Waals surface area contributed by atoms with Gasteiger partial charge in [0.25, 0.3) is 0 Å². The first-order chi connectivity index (χ1) is 8.31. The molecule has 0 radical (unpaired) electrons. The SMILES string of the molecule is O=C=Nc1ccc(C(F)c2ccccc2)cc1. The number of isocyanates is 1. The van der Waals surface area contributed by atoms with E-state index in [4.69, 9.17) is 0 Å². The Morgan fingerprint density at radius 1 is 0.941 bits per heavy atom. The van der Waals surface area contributed by atoms with Gasteiger partial charge in [-0.15, -0.1) is 0 Å². The van der Waals surface area contributed by atoms with Gasteiger partial charge in [0, 0.05) is 0 Å². The smallest absolute Gasteiger partial charge is 0.237 e. The lowest BCUT2D eigenvalue weighted by atomic mass is 10.0. The molecule has 0 heterocycles. The zero-order chi connectivity index (χ0) is 12.1. The molecule has 2 rings (SSSR count). The van der Waals surface area contributed by atoms with Crippen molar-refractivity contribution in [1.82, 2.24) is 0 Å². The van der Waals surface area contributed by atoms with Gasteiger partial charge in [0.2, 0.25) is 6.08 Å². The molecule has 3 heteroatoms. The number of alkyl halides is 1. The molecule has 0 saturated carbocycles. The van der Waals surface area contributed by atoms with E-state index in [2.05, 4.69) is 4.99 Å². The highest BCUT2D eigenvalue weighted by molar-refractivity contribution is 5.49. The van der Waals surface area contributed by atoms with Crippen LogP contribution in [0.5, 0.6) is 0 Å². The number of aliphatic imine (C=N–C) groups is 1. The van der Waals surface area contributed by atoms with Gasteiger partial charge in [-0.2, -0.15) is 4.99 Å². The van der Waals surface area contributed by atoms with Crippen LogP contribution in [0.4, 0.5) is 10.1 Å². The first-order valence-electron chi connectivity index (χ1n) is 5.18. The van der Waals surface area contributed by atoms with Crippen LogP contribution in [0.2, 0.25) is 0 Å². The number of nitrogens with zero attached hydrogens (tertiary/aromatic N) is 1. The molecule has 0 N–H and O–H groups in total. The Balaban J connectivity index is 2.26. The normalized spacial score (nSPS) is 11.6. The van der Waals surface area contributed by atoms with Crippen molar-refractivity contribution in [3.63, 3.8) is 0 Å². The maximum absolute atomic E-state index is 14.1. The highest BCUT2D eigenvalue weighted by Gasteiger charge is 2.11. The number of carbonyl (C=O) groups excluding carboxylic acids is 1. The van der Waals surface area contributed by atoms with Crippen LogP contribution in [0.1, 0.15) is 17.3 Å². The van der Waals surface area contributed by atoms with Crippen LogP contribution in [0, 0.1) is 0 Å². The van der Waals surface area contributed by atoms with E-state index in [1.807, 2.05) is 6.07 Å². The first kappa shape index (κ1) is 11.2.